The van der Waals surface area contributed by atoms with Gasteiger partial charge in [-0.05, 0) is 19.4 Å². The predicted molar refractivity (Wildman–Crippen MR) is 93.6 cm³/mol. The molecule has 4 heterocycles. The Balaban J connectivity index is 1.58. The number of aromatic nitrogens is 5. The van der Waals surface area contributed by atoms with Crippen LogP contribution in [0.1, 0.15) is 30.1 Å². The summed E-state index contributed by atoms with van der Waals surface area (Å²) >= 11 is 1.66. The zero-order valence-electron chi connectivity index (χ0n) is 13.7. The van der Waals surface area contributed by atoms with Gasteiger partial charge in [0, 0.05) is 56.2 Å². The third-order valence-corrected chi connectivity index (χ3v) is 5.16. The second kappa shape index (κ2) is 6.78. The molecule has 4 rings (SSSR count). The van der Waals surface area contributed by atoms with Crippen molar-refractivity contribution in [2.24, 2.45) is 7.05 Å². The summed E-state index contributed by atoms with van der Waals surface area (Å²) in [4.78, 5) is 20.6. The van der Waals surface area contributed by atoms with E-state index in [-0.39, 0.29) is 0 Å². The van der Waals surface area contributed by atoms with Crippen molar-refractivity contribution >= 4 is 11.3 Å². The van der Waals surface area contributed by atoms with Gasteiger partial charge in [0.2, 0.25) is 0 Å². The van der Waals surface area contributed by atoms with Crippen LogP contribution in [0.2, 0.25) is 0 Å². The van der Waals surface area contributed by atoms with Crippen LogP contribution in [-0.4, -0.2) is 42.5 Å². The van der Waals surface area contributed by atoms with Crippen LogP contribution in [-0.2, 0) is 13.6 Å². The van der Waals surface area contributed by atoms with Crippen LogP contribution in [0.25, 0.3) is 11.5 Å². The molecule has 124 valence electrons. The summed E-state index contributed by atoms with van der Waals surface area (Å²) in [6.45, 7) is 3.03. The number of nitrogens with zero attached hydrogens (tertiary/aromatic N) is 6. The van der Waals surface area contributed by atoms with Crippen LogP contribution >= 0.6 is 11.3 Å². The van der Waals surface area contributed by atoms with Gasteiger partial charge in [-0.2, -0.15) is 0 Å². The van der Waals surface area contributed by atoms with Crippen molar-refractivity contribution in [3.8, 4) is 11.5 Å². The molecule has 0 amide bonds. The number of hydrogen-bond acceptors (Lipinski definition) is 6. The molecule has 0 saturated carbocycles. The molecule has 7 heteroatoms. The lowest BCUT2D eigenvalue weighted by molar-refractivity contribution is 0.197. The van der Waals surface area contributed by atoms with Crippen molar-refractivity contribution in [1.82, 2.24) is 29.4 Å². The lowest BCUT2D eigenvalue weighted by Gasteiger charge is -2.32. The molecule has 1 aliphatic rings. The predicted octanol–water partition coefficient (Wildman–Crippen LogP) is 2.71. The number of likely N-dealkylation sites (tertiary alicyclic amines) is 1. The first-order valence-electron chi connectivity index (χ1n) is 8.19. The third-order valence-electron chi connectivity index (χ3n) is 4.52. The van der Waals surface area contributed by atoms with Crippen molar-refractivity contribution in [2.45, 2.75) is 25.3 Å². The Morgan fingerprint density at radius 1 is 1.17 bits per heavy atom. The number of thiazole rings is 1. The summed E-state index contributed by atoms with van der Waals surface area (Å²) in [5.74, 6) is 1.27. The number of piperidine rings is 1. The van der Waals surface area contributed by atoms with E-state index in [1.54, 1.807) is 23.7 Å². The quantitative estimate of drug-likeness (QED) is 0.731. The number of rotatable bonds is 4. The second-order valence-corrected chi connectivity index (χ2v) is 6.92. The van der Waals surface area contributed by atoms with Gasteiger partial charge >= 0.3 is 0 Å². The average molecular weight is 340 g/mol. The molecule has 1 aliphatic heterocycles. The monoisotopic (exact) mass is 340 g/mol. The van der Waals surface area contributed by atoms with Crippen LogP contribution in [0.15, 0.2) is 35.7 Å². The molecule has 0 aromatic carbocycles. The maximum absolute atomic E-state index is 4.67. The summed E-state index contributed by atoms with van der Waals surface area (Å²) in [6, 6.07) is 0. The number of aryl methyl sites for hydroxylation is 1. The van der Waals surface area contributed by atoms with Gasteiger partial charge in [0.05, 0.1) is 16.9 Å². The fourth-order valence-electron chi connectivity index (χ4n) is 3.38. The van der Waals surface area contributed by atoms with Crippen molar-refractivity contribution in [1.29, 1.82) is 0 Å². The first-order valence-corrected chi connectivity index (χ1v) is 9.13. The highest BCUT2D eigenvalue weighted by molar-refractivity contribution is 7.07. The normalized spacial score (nSPS) is 18.8. The minimum absolute atomic E-state index is 0.387. The van der Waals surface area contributed by atoms with E-state index >= 15 is 0 Å². The molecule has 0 radical (unpaired) electrons. The van der Waals surface area contributed by atoms with Crippen LogP contribution in [0.4, 0.5) is 0 Å². The minimum atomic E-state index is 0.387. The Hall–Kier alpha value is -2.12. The van der Waals surface area contributed by atoms with E-state index in [4.69, 9.17) is 0 Å². The molecule has 0 unspecified atom stereocenters. The largest absolute Gasteiger partial charge is 0.333 e. The van der Waals surface area contributed by atoms with Gasteiger partial charge in [0.1, 0.15) is 5.69 Å². The Morgan fingerprint density at radius 2 is 2.08 bits per heavy atom. The Morgan fingerprint density at radius 3 is 2.88 bits per heavy atom. The minimum Gasteiger partial charge on any atom is -0.333 e. The van der Waals surface area contributed by atoms with Crippen molar-refractivity contribution in [3.63, 3.8) is 0 Å². The van der Waals surface area contributed by atoms with E-state index in [2.05, 4.69) is 30.2 Å². The van der Waals surface area contributed by atoms with Gasteiger partial charge in [-0.25, -0.2) is 15.0 Å². The molecule has 3 aromatic heterocycles. The highest BCUT2D eigenvalue weighted by Crippen LogP contribution is 2.31. The van der Waals surface area contributed by atoms with E-state index in [0.717, 1.165) is 49.0 Å². The molecule has 1 atom stereocenters. The lowest BCUT2D eigenvalue weighted by atomic mass is 9.93. The van der Waals surface area contributed by atoms with E-state index < -0.39 is 0 Å². The molecule has 0 aliphatic carbocycles. The van der Waals surface area contributed by atoms with Gasteiger partial charge in [0.25, 0.3) is 0 Å². The van der Waals surface area contributed by atoms with E-state index in [1.807, 2.05) is 29.5 Å². The first-order chi connectivity index (χ1) is 11.8. The first kappa shape index (κ1) is 15.4. The molecule has 24 heavy (non-hydrogen) atoms. The van der Waals surface area contributed by atoms with Gasteiger partial charge < -0.3 is 4.57 Å². The zero-order chi connectivity index (χ0) is 16.4. The summed E-state index contributed by atoms with van der Waals surface area (Å²) in [5.41, 5.74) is 5.03. The molecule has 0 bridgehead atoms. The standard InChI is InChI=1S/C17H20N6S/c1-22-8-6-20-17(22)16-15(18-4-5-19-16)13-3-2-7-23(9-13)10-14-11-24-12-21-14/h4-6,8,11-13H,2-3,7,9-10H2,1H3/t13-/m0/s1. The molecule has 1 saturated heterocycles. The van der Waals surface area contributed by atoms with Crippen LogP contribution < -0.4 is 0 Å². The summed E-state index contributed by atoms with van der Waals surface area (Å²) in [7, 11) is 2.00. The summed E-state index contributed by atoms with van der Waals surface area (Å²) in [6.07, 6.45) is 9.62. The van der Waals surface area contributed by atoms with Crippen LogP contribution in [0.5, 0.6) is 0 Å². The highest BCUT2D eigenvalue weighted by atomic mass is 32.1. The zero-order valence-corrected chi connectivity index (χ0v) is 14.5. The number of imidazole rings is 1. The van der Waals surface area contributed by atoms with Gasteiger partial charge in [-0.3, -0.25) is 9.88 Å². The topological polar surface area (TPSA) is 59.7 Å². The maximum atomic E-state index is 4.67. The van der Waals surface area contributed by atoms with E-state index in [0.29, 0.717) is 5.92 Å². The molecule has 0 spiro atoms. The van der Waals surface area contributed by atoms with Crippen molar-refractivity contribution < 1.29 is 0 Å². The SMILES string of the molecule is Cn1ccnc1-c1nccnc1[C@H]1CCCN(Cc2cscn2)C1. The van der Waals surface area contributed by atoms with E-state index in [9.17, 15) is 0 Å². The highest BCUT2D eigenvalue weighted by Gasteiger charge is 2.26. The van der Waals surface area contributed by atoms with E-state index in [1.165, 1.54) is 6.42 Å². The molecule has 3 aromatic rings. The molecular weight excluding hydrogens is 320 g/mol. The fraction of sp³-hybridized carbons (Fsp3) is 0.412. The van der Waals surface area contributed by atoms with Crippen LogP contribution in [0, 0.1) is 0 Å². The third kappa shape index (κ3) is 3.09. The number of hydrogen-bond donors (Lipinski definition) is 0. The average Bonchev–Trinajstić information content (AvgIpc) is 3.27. The second-order valence-electron chi connectivity index (χ2n) is 6.21. The van der Waals surface area contributed by atoms with Gasteiger partial charge in [-0.1, -0.05) is 0 Å². The molecule has 1 fully saturated rings. The van der Waals surface area contributed by atoms with Crippen molar-refractivity contribution in [2.75, 3.05) is 13.1 Å². The summed E-state index contributed by atoms with van der Waals surface area (Å²) in [5, 5.41) is 2.13. The molecular formula is C17H20N6S. The van der Waals surface area contributed by atoms with Gasteiger partial charge in [-0.15, -0.1) is 11.3 Å². The molecule has 0 N–H and O–H groups in total. The Labute approximate surface area is 145 Å². The summed E-state index contributed by atoms with van der Waals surface area (Å²) < 4.78 is 2.00. The van der Waals surface area contributed by atoms with Gasteiger partial charge in [0.15, 0.2) is 5.82 Å². The maximum Gasteiger partial charge on any atom is 0.160 e. The van der Waals surface area contributed by atoms with Crippen molar-refractivity contribution in [3.05, 3.63) is 47.1 Å². The lowest BCUT2D eigenvalue weighted by Crippen LogP contribution is -2.34. The smallest absolute Gasteiger partial charge is 0.160 e. The van der Waals surface area contributed by atoms with Crippen LogP contribution in [0.3, 0.4) is 0 Å². The fourth-order valence-corrected chi connectivity index (χ4v) is 3.93. The Kier molecular flexibility index (Phi) is 4.36. The molecule has 6 nitrogen and oxygen atoms in total. The Bertz CT molecular complexity index is 797.